The molecule has 2 aliphatic rings. The normalized spacial score (nSPS) is 17.6. The van der Waals surface area contributed by atoms with Crippen LogP contribution < -0.4 is 9.64 Å². The van der Waals surface area contributed by atoms with Crippen LogP contribution in [0.5, 0.6) is 5.75 Å². The molecule has 1 aromatic carbocycles. The Kier molecular flexibility index (Phi) is 7.61. The minimum atomic E-state index is -0.762. The van der Waals surface area contributed by atoms with Crippen molar-refractivity contribution in [3.05, 3.63) is 35.3 Å². The molecule has 0 spiro atoms. The number of hydrogen-bond acceptors (Lipinski definition) is 9. The van der Waals surface area contributed by atoms with Gasteiger partial charge in [0, 0.05) is 25.7 Å². The standard InChI is InChI=1S/C20H25FN2O7/c1-26-19(24)15-12-29-13-23(18(15)20(25)27-2)16-11-14(21)3-4-17(16)30-10-7-22-5-8-28-9-6-22/h3-4,11H,5-10,12-13H2,1-2H3. The van der Waals surface area contributed by atoms with Gasteiger partial charge in [-0.3, -0.25) is 4.90 Å². The molecule has 0 saturated carbocycles. The third kappa shape index (κ3) is 5.07. The lowest BCUT2D eigenvalue weighted by Gasteiger charge is -2.32. The van der Waals surface area contributed by atoms with Crippen molar-refractivity contribution in [3.8, 4) is 5.75 Å². The van der Waals surface area contributed by atoms with E-state index >= 15 is 0 Å². The molecule has 0 N–H and O–H groups in total. The topological polar surface area (TPSA) is 86.8 Å². The molecule has 2 aliphatic heterocycles. The van der Waals surface area contributed by atoms with E-state index in [1.54, 1.807) is 0 Å². The van der Waals surface area contributed by atoms with Gasteiger partial charge in [-0.1, -0.05) is 0 Å². The highest BCUT2D eigenvalue weighted by molar-refractivity contribution is 6.03. The molecule has 1 aromatic rings. The molecule has 0 bridgehead atoms. The molecule has 9 nitrogen and oxygen atoms in total. The summed E-state index contributed by atoms with van der Waals surface area (Å²) in [5, 5.41) is 0. The van der Waals surface area contributed by atoms with Crippen LogP contribution in [0.3, 0.4) is 0 Å². The first-order valence-corrected chi connectivity index (χ1v) is 9.52. The van der Waals surface area contributed by atoms with Crippen LogP contribution in [0.2, 0.25) is 0 Å². The Morgan fingerprint density at radius 1 is 1.10 bits per heavy atom. The van der Waals surface area contributed by atoms with E-state index in [-0.39, 0.29) is 30.3 Å². The van der Waals surface area contributed by atoms with Crippen molar-refractivity contribution >= 4 is 17.6 Å². The molecular weight excluding hydrogens is 399 g/mol. The molecule has 0 atom stereocenters. The summed E-state index contributed by atoms with van der Waals surface area (Å²) in [7, 11) is 2.40. The number of esters is 2. The predicted octanol–water partition coefficient (Wildman–Crippen LogP) is 0.931. The van der Waals surface area contributed by atoms with E-state index < -0.39 is 17.8 Å². The molecule has 164 valence electrons. The average molecular weight is 424 g/mol. The van der Waals surface area contributed by atoms with Crippen molar-refractivity contribution in [2.75, 3.05) is 71.9 Å². The maximum absolute atomic E-state index is 14.1. The second-order valence-corrected chi connectivity index (χ2v) is 6.63. The van der Waals surface area contributed by atoms with Gasteiger partial charge < -0.3 is 28.6 Å². The summed E-state index contributed by atoms with van der Waals surface area (Å²) in [6.07, 6.45) is 0. The van der Waals surface area contributed by atoms with Crippen LogP contribution in [-0.2, 0) is 28.5 Å². The number of benzene rings is 1. The van der Waals surface area contributed by atoms with Gasteiger partial charge in [-0.05, 0) is 12.1 Å². The number of anilines is 1. The number of carbonyl (C=O) groups is 2. The summed E-state index contributed by atoms with van der Waals surface area (Å²) >= 11 is 0. The van der Waals surface area contributed by atoms with Gasteiger partial charge in [-0.15, -0.1) is 0 Å². The minimum Gasteiger partial charge on any atom is -0.490 e. The molecule has 0 aliphatic carbocycles. The highest BCUT2D eigenvalue weighted by atomic mass is 19.1. The quantitative estimate of drug-likeness (QED) is 0.593. The molecule has 0 aromatic heterocycles. The smallest absolute Gasteiger partial charge is 0.355 e. The van der Waals surface area contributed by atoms with Crippen molar-refractivity contribution in [2.24, 2.45) is 0 Å². The van der Waals surface area contributed by atoms with Crippen LogP contribution >= 0.6 is 0 Å². The fraction of sp³-hybridized carbons (Fsp3) is 0.500. The lowest BCUT2D eigenvalue weighted by Crippen LogP contribution is -2.39. The summed E-state index contributed by atoms with van der Waals surface area (Å²) in [5.41, 5.74) is 0.164. The third-order valence-electron chi connectivity index (χ3n) is 4.81. The van der Waals surface area contributed by atoms with Gasteiger partial charge in [-0.2, -0.15) is 0 Å². The predicted molar refractivity (Wildman–Crippen MR) is 104 cm³/mol. The summed E-state index contributed by atoms with van der Waals surface area (Å²) in [6.45, 7) is 3.80. The molecule has 0 radical (unpaired) electrons. The zero-order chi connectivity index (χ0) is 21.5. The molecule has 1 fully saturated rings. The van der Waals surface area contributed by atoms with E-state index in [9.17, 15) is 14.0 Å². The van der Waals surface area contributed by atoms with Crippen LogP contribution in [0.4, 0.5) is 10.1 Å². The van der Waals surface area contributed by atoms with Crippen LogP contribution in [0.15, 0.2) is 29.5 Å². The van der Waals surface area contributed by atoms with E-state index in [0.717, 1.165) is 13.1 Å². The first kappa shape index (κ1) is 22.0. The van der Waals surface area contributed by atoms with E-state index in [1.807, 2.05) is 0 Å². The van der Waals surface area contributed by atoms with Gasteiger partial charge in [0.25, 0.3) is 0 Å². The summed E-state index contributed by atoms with van der Waals surface area (Å²) in [6, 6.07) is 3.96. The number of halogens is 1. The van der Waals surface area contributed by atoms with Gasteiger partial charge in [0.05, 0.1) is 45.3 Å². The van der Waals surface area contributed by atoms with Crippen LogP contribution in [-0.4, -0.2) is 83.9 Å². The highest BCUT2D eigenvalue weighted by Crippen LogP contribution is 2.35. The lowest BCUT2D eigenvalue weighted by atomic mass is 10.1. The molecule has 0 unspecified atom stereocenters. The minimum absolute atomic E-state index is 0.0147. The Morgan fingerprint density at radius 3 is 2.53 bits per heavy atom. The van der Waals surface area contributed by atoms with Crippen molar-refractivity contribution in [3.63, 3.8) is 0 Å². The fourth-order valence-corrected chi connectivity index (χ4v) is 3.27. The zero-order valence-corrected chi connectivity index (χ0v) is 17.0. The number of carbonyl (C=O) groups excluding carboxylic acids is 2. The number of ether oxygens (including phenoxy) is 5. The fourth-order valence-electron chi connectivity index (χ4n) is 3.27. The van der Waals surface area contributed by atoms with E-state index in [2.05, 4.69) is 4.90 Å². The first-order valence-electron chi connectivity index (χ1n) is 9.52. The second kappa shape index (κ2) is 10.4. The molecule has 3 rings (SSSR count). The Balaban J connectivity index is 1.87. The molecule has 10 heteroatoms. The van der Waals surface area contributed by atoms with Crippen LogP contribution in [0, 0.1) is 5.82 Å². The van der Waals surface area contributed by atoms with E-state index in [4.69, 9.17) is 23.7 Å². The van der Waals surface area contributed by atoms with Crippen LogP contribution in [0.25, 0.3) is 0 Å². The number of nitrogens with zero attached hydrogens (tertiary/aromatic N) is 2. The Morgan fingerprint density at radius 2 is 1.83 bits per heavy atom. The zero-order valence-electron chi connectivity index (χ0n) is 17.0. The number of rotatable bonds is 7. The van der Waals surface area contributed by atoms with E-state index in [1.165, 1.54) is 37.3 Å². The molecular formula is C20H25FN2O7. The van der Waals surface area contributed by atoms with E-state index in [0.29, 0.717) is 32.1 Å². The number of hydrogen-bond donors (Lipinski definition) is 0. The summed E-state index contributed by atoms with van der Waals surface area (Å²) < 4.78 is 40.3. The number of methoxy groups -OCH3 is 2. The van der Waals surface area contributed by atoms with Gasteiger partial charge in [-0.25, -0.2) is 14.0 Å². The maximum Gasteiger partial charge on any atom is 0.355 e. The van der Waals surface area contributed by atoms with Gasteiger partial charge in [0.2, 0.25) is 0 Å². The number of morpholine rings is 1. The Bertz CT molecular complexity index is 808. The molecule has 0 amide bonds. The van der Waals surface area contributed by atoms with Crippen molar-refractivity contribution in [1.82, 2.24) is 4.90 Å². The monoisotopic (exact) mass is 424 g/mol. The van der Waals surface area contributed by atoms with Crippen LogP contribution in [0.1, 0.15) is 0 Å². The van der Waals surface area contributed by atoms with Gasteiger partial charge >= 0.3 is 11.9 Å². The Labute approximate surface area is 173 Å². The Hall–Kier alpha value is -2.69. The molecule has 30 heavy (non-hydrogen) atoms. The van der Waals surface area contributed by atoms with Gasteiger partial charge in [0.15, 0.2) is 0 Å². The van der Waals surface area contributed by atoms with Gasteiger partial charge in [0.1, 0.15) is 30.6 Å². The summed E-state index contributed by atoms with van der Waals surface area (Å²) in [5.74, 6) is -1.67. The third-order valence-corrected chi connectivity index (χ3v) is 4.81. The summed E-state index contributed by atoms with van der Waals surface area (Å²) in [4.78, 5) is 28.2. The SMILES string of the molecule is COC(=O)C1=C(C(=O)OC)N(c2cc(F)ccc2OCCN2CCOCC2)COC1. The van der Waals surface area contributed by atoms with Crippen molar-refractivity contribution in [1.29, 1.82) is 0 Å². The highest BCUT2D eigenvalue weighted by Gasteiger charge is 2.34. The van der Waals surface area contributed by atoms with Crippen molar-refractivity contribution in [2.45, 2.75) is 0 Å². The second-order valence-electron chi connectivity index (χ2n) is 6.63. The largest absolute Gasteiger partial charge is 0.490 e. The molecule has 1 saturated heterocycles. The maximum atomic E-state index is 14.1. The first-order chi connectivity index (χ1) is 14.5. The molecule has 2 heterocycles. The van der Waals surface area contributed by atoms with Crippen molar-refractivity contribution < 1.29 is 37.7 Å². The average Bonchev–Trinajstić information content (AvgIpc) is 2.79. The lowest BCUT2D eigenvalue weighted by molar-refractivity contribution is -0.140.